The number of likely N-dealkylation sites (tertiary alicyclic amines) is 1. The van der Waals surface area contributed by atoms with E-state index < -0.39 is 0 Å². The number of nitrogens with zero attached hydrogens (tertiary/aromatic N) is 7. The number of anilines is 3. The fourth-order valence-corrected chi connectivity index (χ4v) is 16.1. The first-order valence-electron chi connectivity index (χ1n) is 40.5. The zero-order chi connectivity index (χ0) is 80.3. The minimum atomic E-state index is -0.0598. The second-order valence-electron chi connectivity index (χ2n) is 35.6. The van der Waals surface area contributed by atoms with Crippen LogP contribution in [0, 0.1) is 0 Å². The third kappa shape index (κ3) is 23.0. The van der Waals surface area contributed by atoms with Crippen molar-refractivity contribution in [2.24, 2.45) is 0 Å². The highest BCUT2D eigenvalue weighted by Crippen LogP contribution is 2.45. The summed E-state index contributed by atoms with van der Waals surface area (Å²) in [5.74, 6) is 0. The van der Waals surface area contributed by atoms with Gasteiger partial charge in [0.1, 0.15) is 0 Å². The van der Waals surface area contributed by atoms with Crippen LogP contribution in [0.5, 0.6) is 0 Å². The molecule has 0 N–H and O–H groups in total. The topological polar surface area (TPSA) is 26.1 Å². The molecule has 0 spiro atoms. The number of hydrogen-bond donors (Lipinski definition) is 0. The van der Waals surface area contributed by atoms with Crippen molar-refractivity contribution in [2.45, 2.75) is 256 Å². The largest absolute Gasteiger partial charge is 0.372 e. The van der Waals surface area contributed by atoms with E-state index >= 15 is 0 Å². The van der Waals surface area contributed by atoms with Crippen LogP contribution >= 0.6 is 0 Å². The van der Waals surface area contributed by atoms with E-state index in [2.05, 4.69) is 471 Å². The lowest BCUT2D eigenvalue weighted by Crippen LogP contribution is -2.61. The second kappa shape index (κ2) is 38.8. The maximum atomic E-state index is 2.68. The molecular weight excluding hydrogens is 1320 g/mol. The summed E-state index contributed by atoms with van der Waals surface area (Å²) in [4.78, 5) is 12.0. The molecule has 13 rings (SSSR count). The number of para-hydroxylation sites is 7. The van der Waals surface area contributed by atoms with Crippen LogP contribution in [0.25, 0.3) is 77.0 Å². The van der Waals surface area contributed by atoms with Gasteiger partial charge in [0, 0.05) is 132 Å². The highest BCUT2D eigenvalue weighted by atomic mass is 15.3. The van der Waals surface area contributed by atoms with Crippen LogP contribution in [-0.2, 0) is 11.1 Å². The Labute approximate surface area is 662 Å². The van der Waals surface area contributed by atoms with E-state index in [1.165, 1.54) is 113 Å². The predicted molar refractivity (Wildman–Crippen MR) is 485 cm³/mol. The van der Waals surface area contributed by atoms with E-state index in [1.807, 2.05) is 18.2 Å². The summed E-state index contributed by atoms with van der Waals surface area (Å²) >= 11 is 0. The van der Waals surface area contributed by atoms with E-state index in [0.29, 0.717) is 52.9 Å². The van der Waals surface area contributed by atoms with Gasteiger partial charge in [0.05, 0.1) is 16.6 Å². The van der Waals surface area contributed by atoms with Crippen LogP contribution in [0.2, 0.25) is 0 Å². The van der Waals surface area contributed by atoms with Gasteiger partial charge in [-0.05, 0) is 266 Å². The van der Waals surface area contributed by atoms with Gasteiger partial charge in [-0.15, -0.1) is 0 Å². The van der Waals surface area contributed by atoms with Gasteiger partial charge >= 0.3 is 0 Å². The summed E-state index contributed by atoms with van der Waals surface area (Å²) in [6.07, 6.45) is 4.06. The minimum Gasteiger partial charge on any atom is -0.372 e. The van der Waals surface area contributed by atoms with Crippen LogP contribution in [0.15, 0.2) is 261 Å². The van der Waals surface area contributed by atoms with Gasteiger partial charge in [-0.3, -0.25) is 9.80 Å². The first-order valence-corrected chi connectivity index (χ1v) is 40.5. The average Bonchev–Trinajstić information content (AvgIpc) is 1.57. The molecule has 10 aromatic carbocycles. The smallest absolute Gasteiger partial charge is 0.0576 e. The Morgan fingerprint density at radius 1 is 0.312 bits per heavy atom. The van der Waals surface area contributed by atoms with Crippen LogP contribution in [0.4, 0.5) is 17.1 Å². The molecule has 0 radical (unpaired) electrons. The van der Waals surface area contributed by atoms with Crippen molar-refractivity contribution in [1.29, 1.82) is 0 Å². The molecular formula is C102H139N7. The summed E-state index contributed by atoms with van der Waals surface area (Å²) in [5.41, 5.74) is 17.7. The molecule has 582 valence electrons. The van der Waals surface area contributed by atoms with Gasteiger partial charge in [-0.1, -0.05) is 218 Å². The van der Waals surface area contributed by atoms with E-state index in [-0.39, 0.29) is 11.1 Å². The van der Waals surface area contributed by atoms with Crippen LogP contribution in [0.3, 0.4) is 0 Å². The van der Waals surface area contributed by atoms with Crippen molar-refractivity contribution in [3.05, 3.63) is 261 Å². The minimum absolute atomic E-state index is 0.0201. The number of hydrogen-bond acceptors (Lipinski definition) is 5. The summed E-state index contributed by atoms with van der Waals surface area (Å²) in [7, 11) is 6.28. The highest BCUT2D eigenvalue weighted by Gasteiger charge is 2.42. The predicted octanol–water partition coefficient (Wildman–Crippen LogP) is 28.2. The summed E-state index contributed by atoms with van der Waals surface area (Å²) in [6, 6.07) is 96.0. The van der Waals surface area contributed by atoms with Crippen molar-refractivity contribution in [3.63, 3.8) is 0 Å². The molecule has 1 saturated heterocycles. The molecule has 7 heteroatoms. The fraction of sp³-hybridized carbons (Fsp3) is 0.412. The van der Waals surface area contributed by atoms with Crippen LogP contribution in [0.1, 0.15) is 192 Å². The molecule has 1 aliphatic heterocycles. The van der Waals surface area contributed by atoms with E-state index in [0.717, 1.165) is 0 Å². The number of rotatable bonds is 12. The number of fused-ring (bicyclic) bond motifs is 6. The van der Waals surface area contributed by atoms with Crippen LogP contribution in [-0.4, -0.2) is 97.8 Å². The molecule has 0 unspecified atom stereocenters. The molecule has 109 heavy (non-hydrogen) atoms. The Morgan fingerprint density at radius 3 is 0.872 bits per heavy atom. The lowest BCUT2D eigenvalue weighted by atomic mass is 9.79. The Balaban J connectivity index is 0.000000186. The molecule has 12 aromatic rings. The maximum absolute atomic E-state index is 2.68. The van der Waals surface area contributed by atoms with Gasteiger partial charge in [0.15, 0.2) is 0 Å². The monoisotopic (exact) mass is 1460 g/mol. The number of aromatic nitrogens is 2. The maximum Gasteiger partial charge on any atom is 0.0576 e. The molecule has 0 aliphatic carbocycles. The molecule has 2 aromatic heterocycles. The lowest BCUT2D eigenvalue weighted by molar-refractivity contribution is -0.0508. The van der Waals surface area contributed by atoms with Gasteiger partial charge in [0.25, 0.3) is 0 Å². The zero-order valence-corrected chi connectivity index (χ0v) is 72.5. The number of piperidine rings is 1. The SMILES string of the molecule is CC(C)(C)n1c2c(-c3ccccc3)cccc2c2cccc(-c3ccccc3)c21.CC(C)(C)n1c2ccccc2c2cccc(-c3ccccc3)c21.CC(C)N(C(C)C)C(C)C.CC(C)N(C)c1ccccc1.CC(C)N(c1ccccc1)c1ccccc1.CC(C)N1C(C)(C)CCCC1(C)C.CN(C)C(C)(C)C. The fourth-order valence-electron chi connectivity index (χ4n) is 16.1. The third-order valence-electron chi connectivity index (χ3n) is 21.2. The quantitative estimate of drug-likeness (QED) is 0.121. The van der Waals surface area contributed by atoms with Crippen molar-refractivity contribution in [3.8, 4) is 33.4 Å². The Hall–Kier alpha value is -8.72. The zero-order valence-electron chi connectivity index (χ0n) is 72.5. The first kappa shape index (κ1) is 87.5. The van der Waals surface area contributed by atoms with Gasteiger partial charge in [-0.2, -0.15) is 0 Å². The Morgan fingerprint density at radius 2 is 0.596 bits per heavy atom. The van der Waals surface area contributed by atoms with E-state index in [9.17, 15) is 0 Å². The summed E-state index contributed by atoms with van der Waals surface area (Å²) in [6.45, 7) is 56.8. The molecule has 0 bridgehead atoms. The van der Waals surface area contributed by atoms with Crippen molar-refractivity contribution >= 4 is 60.7 Å². The molecule has 0 amide bonds. The summed E-state index contributed by atoms with van der Waals surface area (Å²) < 4.78 is 5.03. The standard InChI is InChI=1S/C28H25N.C22H21N.C15H17N.C12H25N.C10H15N.C9H21N.C6H15N/c1-28(2,3)29-26-22(20-12-6-4-7-13-20)16-10-18-24(26)25-19-11-17-23(27(25)29)21-14-8-5-9-15-21;1-22(2,3)23-20-15-8-7-12-18(20)19-14-9-13-17(21(19)23)16-10-5-4-6-11-16;1-13(2)16(14-9-5-3-6-10-14)15-11-7-4-8-12-15;1-10(2)13-11(3,4)8-7-9-12(13,5)6;1-9(2)11(3)10-7-5-4-6-8-10;1-7(2)10(8(3)4)9(5)6;1-6(2,3)7(4)5/h4-19H,1-3H3;4-15H,1-3H3;3-13H,1-2H3;10H,7-9H2,1-6H3;4-9H,1-3H3;7-9H,1-6H3;1-5H3. The first-order chi connectivity index (χ1) is 51.3. The average molecular weight is 1460 g/mol. The molecule has 0 atom stereocenters. The molecule has 7 nitrogen and oxygen atoms in total. The third-order valence-corrected chi connectivity index (χ3v) is 21.2. The Bertz CT molecular complexity index is 4460. The summed E-state index contributed by atoms with van der Waals surface area (Å²) in [5, 5.41) is 5.29. The van der Waals surface area contributed by atoms with Gasteiger partial charge in [0.2, 0.25) is 0 Å². The molecule has 0 saturated carbocycles. The Kier molecular flexibility index (Phi) is 31.1. The van der Waals surface area contributed by atoms with Crippen molar-refractivity contribution in [2.75, 3.05) is 30.9 Å². The second-order valence-corrected chi connectivity index (χ2v) is 35.6. The van der Waals surface area contributed by atoms with E-state index in [1.54, 1.807) is 0 Å². The van der Waals surface area contributed by atoms with Gasteiger partial charge < -0.3 is 23.8 Å². The normalized spacial score (nSPS) is 13.6. The lowest BCUT2D eigenvalue weighted by Gasteiger charge is -2.55. The molecule has 3 heterocycles. The number of benzene rings is 10. The molecule has 1 aliphatic rings. The van der Waals surface area contributed by atoms with Crippen molar-refractivity contribution in [1.82, 2.24) is 23.8 Å². The van der Waals surface area contributed by atoms with Gasteiger partial charge in [-0.25, -0.2) is 0 Å². The molecule has 1 fully saturated rings. The van der Waals surface area contributed by atoms with E-state index in [4.69, 9.17) is 0 Å². The van der Waals surface area contributed by atoms with Crippen LogP contribution < -0.4 is 9.80 Å². The van der Waals surface area contributed by atoms with Crippen molar-refractivity contribution < 1.29 is 0 Å². The highest BCUT2D eigenvalue weighted by molar-refractivity contribution is 6.16.